The highest BCUT2D eigenvalue weighted by atomic mass is 35.5. The standard InChI is InChI=1S/C17H19ClN2O4/c1-11-14(12(2)24-20-11)7-8-17(22)23-10-16(21)19-9-13-5-3-4-6-15(13)18/h3-6H,7-10H2,1-2H3,(H,19,21). The second-order valence-electron chi connectivity index (χ2n) is 5.33. The third-order valence-corrected chi connectivity index (χ3v) is 3.93. The maximum Gasteiger partial charge on any atom is 0.306 e. The molecule has 0 aliphatic rings. The number of hydrogen-bond acceptors (Lipinski definition) is 5. The number of halogens is 1. The number of ether oxygens (including phenoxy) is 1. The fraction of sp³-hybridized carbons (Fsp3) is 0.353. The van der Waals surface area contributed by atoms with Gasteiger partial charge in [0.2, 0.25) is 0 Å². The van der Waals surface area contributed by atoms with E-state index >= 15 is 0 Å². The van der Waals surface area contributed by atoms with E-state index in [0.29, 0.717) is 17.2 Å². The molecule has 0 saturated heterocycles. The van der Waals surface area contributed by atoms with Crippen molar-refractivity contribution in [2.45, 2.75) is 33.2 Å². The summed E-state index contributed by atoms with van der Waals surface area (Å²) in [5.41, 5.74) is 2.46. The van der Waals surface area contributed by atoms with Gasteiger partial charge in [0.25, 0.3) is 5.91 Å². The Kier molecular flexibility index (Phi) is 6.37. The highest BCUT2D eigenvalue weighted by Crippen LogP contribution is 2.15. The summed E-state index contributed by atoms with van der Waals surface area (Å²) in [6.07, 6.45) is 0.641. The van der Waals surface area contributed by atoms with E-state index in [-0.39, 0.29) is 25.5 Å². The quantitative estimate of drug-likeness (QED) is 0.776. The van der Waals surface area contributed by atoms with Crippen molar-refractivity contribution in [3.8, 4) is 0 Å². The van der Waals surface area contributed by atoms with Gasteiger partial charge in [-0.3, -0.25) is 9.59 Å². The summed E-state index contributed by atoms with van der Waals surface area (Å²) in [5, 5.41) is 7.06. The van der Waals surface area contributed by atoms with Gasteiger partial charge >= 0.3 is 5.97 Å². The molecule has 1 heterocycles. The van der Waals surface area contributed by atoms with Gasteiger partial charge in [0, 0.05) is 23.6 Å². The molecular formula is C17H19ClN2O4. The molecule has 7 heteroatoms. The van der Waals surface area contributed by atoms with Gasteiger partial charge in [0.1, 0.15) is 5.76 Å². The van der Waals surface area contributed by atoms with E-state index in [9.17, 15) is 9.59 Å². The van der Waals surface area contributed by atoms with Crippen LogP contribution in [0.25, 0.3) is 0 Å². The molecule has 0 saturated carbocycles. The summed E-state index contributed by atoms with van der Waals surface area (Å²) in [6.45, 7) is 3.59. The van der Waals surface area contributed by atoms with Crippen molar-refractivity contribution in [2.75, 3.05) is 6.61 Å². The lowest BCUT2D eigenvalue weighted by Crippen LogP contribution is -2.28. The molecule has 1 aromatic carbocycles. The maximum atomic E-state index is 11.7. The van der Waals surface area contributed by atoms with Crippen LogP contribution in [0.2, 0.25) is 5.02 Å². The van der Waals surface area contributed by atoms with Crippen molar-refractivity contribution in [2.24, 2.45) is 0 Å². The Morgan fingerprint density at radius 2 is 2.04 bits per heavy atom. The van der Waals surface area contributed by atoms with E-state index in [4.69, 9.17) is 20.9 Å². The molecule has 2 aromatic rings. The SMILES string of the molecule is Cc1noc(C)c1CCC(=O)OCC(=O)NCc1ccccc1Cl. The zero-order valence-corrected chi connectivity index (χ0v) is 14.4. The summed E-state index contributed by atoms with van der Waals surface area (Å²) in [7, 11) is 0. The molecule has 24 heavy (non-hydrogen) atoms. The Morgan fingerprint density at radius 3 is 2.71 bits per heavy atom. The Hall–Kier alpha value is -2.34. The highest BCUT2D eigenvalue weighted by molar-refractivity contribution is 6.31. The first-order valence-corrected chi connectivity index (χ1v) is 7.92. The summed E-state index contributed by atoms with van der Waals surface area (Å²) in [5.74, 6) is -0.124. The molecular weight excluding hydrogens is 332 g/mol. The first-order valence-electron chi connectivity index (χ1n) is 7.55. The Balaban J connectivity index is 1.70. The van der Waals surface area contributed by atoms with Crippen molar-refractivity contribution in [3.63, 3.8) is 0 Å². The lowest BCUT2D eigenvalue weighted by atomic mass is 10.1. The number of rotatable bonds is 7. The van der Waals surface area contributed by atoms with Crippen molar-refractivity contribution in [3.05, 3.63) is 51.9 Å². The van der Waals surface area contributed by atoms with E-state index in [1.54, 1.807) is 13.0 Å². The normalized spacial score (nSPS) is 10.5. The maximum absolute atomic E-state index is 11.7. The van der Waals surface area contributed by atoms with Crippen molar-refractivity contribution in [1.82, 2.24) is 10.5 Å². The number of carbonyl (C=O) groups is 2. The van der Waals surface area contributed by atoms with Crippen LogP contribution in [0.5, 0.6) is 0 Å². The Morgan fingerprint density at radius 1 is 1.29 bits per heavy atom. The summed E-state index contributed by atoms with van der Waals surface area (Å²) in [4.78, 5) is 23.4. The zero-order valence-electron chi connectivity index (χ0n) is 13.6. The largest absolute Gasteiger partial charge is 0.456 e. The van der Waals surface area contributed by atoms with Gasteiger partial charge < -0.3 is 14.6 Å². The number of esters is 1. The number of carbonyl (C=O) groups excluding carboxylic acids is 2. The number of nitrogens with zero attached hydrogens (tertiary/aromatic N) is 1. The first-order chi connectivity index (χ1) is 11.5. The van der Waals surface area contributed by atoms with Crippen molar-refractivity contribution < 1.29 is 18.8 Å². The number of aromatic nitrogens is 1. The fourth-order valence-corrected chi connectivity index (χ4v) is 2.39. The van der Waals surface area contributed by atoms with E-state index in [2.05, 4.69) is 10.5 Å². The van der Waals surface area contributed by atoms with Crippen LogP contribution in [0.3, 0.4) is 0 Å². The smallest absolute Gasteiger partial charge is 0.306 e. The predicted octanol–water partition coefficient (Wildman–Crippen LogP) is 2.74. The topological polar surface area (TPSA) is 81.4 Å². The molecule has 0 radical (unpaired) electrons. The number of aryl methyl sites for hydroxylation is 2. The van der Waals surface area contributed by atoms with E-state index in [1.165, 1.54) is 0 Å². The summed E-state index contributed by atoms with van der Waals surface area (Å²) < 4.78 is 10.00. The van der Waals surface area contributed by atoms with Gasteiger partial charge in [0.05, 0.1) is 5.69 Å². The molecule has 0 atom stereocenters. The van der Waals surface area contributed by atoms with Gasteiger partial charge in [-0.25, -0.2) is 0 Å². The third-order valence-electron chi connectivity index (χ3n) is 3.56. The van der Waals surface area contributed by atoms with Gasteiger partial charge in [-0.1, -0.05) is 35.0 Å². The lowest BCUT2D eigenvalue weighted by molar-refractivity contribution is -0.148. The minimum Gasteiger partial charge on any atom is -0.456 e. The highest BCUT2D eigenvalue weighted by Gasteiger charge is 2.13. The molecule has 0 fully saturated rings. The third kappa shape index (κ3) is 5.09. The van der Waals surface area contributed by atoms with Crippen molar-refractivity contribution in [1.29, 1.82) is 0 Å². The molecule has 1 N–H and O–H groups in total. The Labute approximate surface area is 145 Å². The van der Waals surface area contributed by atoms with Crippen LogP contribution in [0.1, 0.15) is 29.0 Å². The van der Waals surface area contributed by atoms with E-state index < -0.39 is 5.97 Å². The molecule has 1 amide bonds. The molecule has 6 nitrogen and oxygen atoms in total. The second-order valence-corrected chi connectivity index (χ2v) is 5.74. The second kappa shape index (κ2) is 8.49. The monoisotopic (exact) mass is 350 g/mol. The van der Waals surface area contributed by atoms with Crippen molar-refractivity contribution >= 4 is 23.5 Å². The summed E-state index contributed by atoms with van der Waals surface area (Å²) in [6, 6.07) is 7.21. The minimum atomic E-state index is -0.442. The number of nitrogens with one attached hydrogen (secondary N) is 1. The van der Waals surface area contributed by atoms with E-state index in [0.717, 1.165) is 16.8 Å². The average Bonchev–Trinajstić information content (AvgIpc) is 2.88. The number of amides is 1. The fourth-order valence-electron chi connectivity index (χ4n) is 2.19. The zero-order chi connectivity index (χ0) is 17.5. The minimum absolute atomic E-state index is 0.167. The molecule has 2 rings (SSSR count). The number of benzene rings is 1. The number of hydrogen-bond donors (Lipinski definition) is 1. The molecule has 0 bridgehead atoms. The van der Waals surface area contributed by atoms with Crippen LogP contribution in [-0.4, -0.2) is 23.6 Å². The van der Waals surface area contributed by atoms with Gasteiger partial charge in [-0.2, -0.15) is 0 Å². The molecule has 128 valence electrons. The van der Waals surface area contributed by atoms with Crippen LogP contribution in [0.4, 0.5) is 0 Å². The summed E-state index contributed by atoms with van der Waals surface area (Å²) >= 11 is 6.00. The van der Waals surface area contributed by atoms with Crippen LogP contribution in [0.15, 0.2) is 28.8 Å². The van der Waals surface area contributed by atoms with Gasteiger partial charge in [-0.15, -0.1) is 0 Å². The first kappa shape index (κ1) is 18.0. The van der Waals surface area contributed by atoms with Gasteiger partial charge in [-0.05, 0) is 31.9 Å². The van der Waals surface area contributed by atoms with E-state index in [1.807, 2.05) is 25.1 Å². The van der Waals surface area contributed by atoms with Gasteiger partial charge in [0.15, 0.2) is 6.61 Å². The Bertz CT molecular complexity index is 708. The molecule has 0 spiro atoms. The van der Waals surface area contributed by atoms with Crippen LogP contribution < -0.4 is 5.32 Å². The van der Waals surface area contributed by atoms with Crippen LogP contribution >= 0.6 is 11.6 Å². The molecule has 0 aliphatic heterocycles. The van der Waals surface area contributed by atoms with Crippen LogP contribution in [-0.2, 0) is 27.3 Å². The van der Waals surface area contributed by atoms with Crippen LogP contribution in [0, 0.1) is 13.8 Å². The average molecular weight is 351 g/mol. The molecule has 1 aromatic heterocycles. The lowest BCUT2D eigenvalue weighted by Gasteiger charge is -2.08. The molecule has 0 aliphatic carbocycles. The molecule has 0 unspecified atom stereocenters. The predicted molar refractivity (Wildman–Crippen MR) is 88.6 cm³/mol.